The van der Waals surface area contributed by atoms with Gasteiger partial charge in [0.2, 0.25) is 5.91 Å². The van der Waals surface area contributed by atoms with Gasteiger partial charge in [0.1, 0.15) is 5.75 Å². The van der Waals surface area contributed by atoms with E-state index in [1.54, 1.807) is 45.4 Å². The van der Waals surface area contributed by atoms with Crippen molar-refractivity contribution in [3.8, 4) is 5.75 Å². The Labute approximate surface area is 198 Å². The van der Waals surface area contributed by atoms with Crippen molar-refractivity contribution in [3.63, 3.8) is 0 Å². The van der Waals surface area contributed by atoms with Crippen LogP contribution in [0.15, 0.2) is 72.1 Å². The maximum atomic E-state index is 13.3. The monoisotopic (exact) mass is 470 g/mol. The number of thiophene rings is 1. The van der Waals surface area contributed by atoms with Crippen LogP contribution in [0.1, 0.15) is 23.8 Å². The van der Waals surface area contributed by atoms with Gasteiger partial charge in [0.05, 0.1) is 13.1 Å². The maximum absolute atomic E-state index is 13.3. The van der Waals surface area contributed by atoms with Gasteiger partial charge < -0.3 is 14.5 Å². The highest BCUT2D eigenvalue weighted by Gasteiger charge is 2.22. The van der Waals surface area contributed by atoms with Crippen LogP contribution < -0.4 is 4.74 Å². The van der Waals surface area contributed by atoms with Gasteiger partial charge >= 0.3 is 0 Å². The third kappa shape index (κ3) is 7.39. The molecule has 0 fully saturated rings. The highest BCUT2D eigenvalue weighted by atomic mass is 35.5. The summed E-state index contributed by atoms with van der Waals surface area (Å²) in [7, 11) is 0. The number of hydrogen-bond donors (Lipinski definition) is 0. The number of benzene rings is 2. The molecule has 0 radical (unpaired) electrons. The van der Waals surface area contributed by atoms with E-state index in [4.69, 9.17) is 16.3 Å². The van der Waals surface area contributed by atoms with Crippen LogP contribution in [0.4, 0.5) is 0 Å². The molecular formula is C25H27ClN2O3S. The number of carbonyl (C=O) groups is 2. The van der Waals surface area contributed by atoms with Gasteiger partial charge in [-0.3, -0.25) is 9.59 Å². The van der Waals surface area contributed by atoms with Crippen LogP contribution in [0.25, 0.3) is 0 Å². The summed E-state index contributed by atoms with van der Waals surface area (Å²) < 4.78 is 5.60. The average molecular weight is 471 g/mol. The van der Waals surface area contributed by atoms with Gasteiger partial charge in [0.25, 0.3) is 5.91 Å². The summed E-state index contributed by atoms with van der Waals surface area (Å²) in [5.41, 5.74) is 1.05. The number of amides is 2. The second kappa shape index (κ2) is 12.3. The van der Waals surface area contributed by atoms with Crippen LogP contribution >= 0.6 is 22.9 Å². The summed E-state index contributed by atoms with van der Waals surface area (Å²) in [5.74, 6) is 0.260. The van der Waals surface area contributed by atoms with E-state index in [0.717, 1.165) is 16.9 Å². The van der Waals surface area contributed by atoms with Crippen LogP contribution in [-0.2, 0) is 22.7 Å². The number of carbonyl (C=O) groups excluding carboxylic acids is 2. The predicted octanol–water partition coefficient (Wildman–Crippen LogP) is 5.25. The van der Waals surface area contributed by atoms with Crippen LogP contribution in [0.2, 0.25) is 5.02 Å². The van der Waals surface area contributed by atoms with Crippen LogP contribution in [0, 0.1) is 0 Å². The minimum Gasteiger partial charge on any atom is -0.484 e. The Balaban J connectivity index is 1.65. The lowest BCUT2D eigenvalue weighted by atomic mass is 10.2. The van der Waals surface area contributed by atoms with Gasteiger partial charge in [-0.15, -0.1) is 11.3 Å². The Morgan fingerprint density at radius 3 is 2.31 bits per heavy atom. The number of ether oxygens (including phenoxy) is 1. The van der Waals surface area contributed by atoms with Crippen molar-refractivity contribution in [2.45, 2.75) is 26.4 Å². The molecule has 32 heavy (non-hydrogen) atoms. The molecule has 0 aliphatic rings. The van der Waals surface area contributed by atoms with Crippen molar-refractivity contribution < 1.29 is 14.3 Å². The predicted molar refractivity (Wildman–Crippen MR) is 129 cm³/mol. The van der Waals surface area contributed by atoms with Gasteiger partial charge in [0, 0.05) is 23.0 Å². The third-order valence-corrected chi connectivity index (χ3v) is 5.96. The molecule has 2 amide bonds. The lowest BCUT2D eigenvalue weighted by Crippen LogP contribution is -2.44. The van der Waals surface area contributed by atoms with E-state index >= 15 is 0 Å². The second-order valence-corrected chi connectivity index (χ2v) is 8.84. The van der Waals surface area contributed by atoms with Crippen LogP contribution in [-0.4, -0.2) is 41.3 Å². The normalized spacial score (nSPS) is 10.6. The smallest absolute Gasteiger partial charge is 0.260 e. The van der Waals surface area contributed by atoms with Crippen molar-refractivity contribution in [1.82, 2.24) is 9.80 Å². The van der Waals surface area contributed by atoms with E-state index in [0.29, 0.717) is 30.4 Å². The summed E-state index contributed by atoms with van der Waals surface area (Å²) in [6.45, 7) is 3.38. The first-order valence-electron chi connectivity index (χ1n) is 10.6. The topological polar surface area (TPSA) is 49.9 Å². The standard InChI is InChI=1S/C25H27ClN2O3S/c1-2-14-27(25(30)19-31-22-12-10-21(26)11-13-22)18-24(29)28(17-23-9-6-15-32-23)16-20-7-4-3-5-8-20/h3-13,15H,2,14,16-19H2,1H3. The first-order chi connectivity index (χ1) is 15.5. The SMILES string of the molecule is CCCN(CC(=O)N(Cc1ccccc1)Cc1cccs1)C(=O)COc1ccc(Cl)cc1. The molecule has 2 aromatic carbocycles. The zero-order valence-corrected chi connectivity index (χ0v) is 19.6. The second-order valence-electron chi connectivity index (χ2n) is 7.37. The van der Waals surface area contributed by atoms with E-state index in [1.807, 2.05) is 54.8 Å². The first-order valence-corrected chi connectivity index (χ1v) is 11.8. The largest absolute Gasteiger partial charge is 0.484 e. The van der Waals surface area contributed by atoms with E-state index in [1.165, 1.54) is 0 Å². The molecule has 0 N–H and O–H groups in total. The molecule has 0 aliphatic carbocycles. The third-order valence-electron chi connectivity index (χ3n) is 4.84. The summed E-state index contributed by atoms with van der Waals surface area (Å²) in [4.78, 5) is 30.6. The van der Waals surface area contributed by atoms with Crippen molar-refractivity contribution in [2.24, 2.45) is 0 Å². The fraction of sp³-hybridized carbons (Fsp3) is 0.280. The van der Waals surface area contributed by atoms with Gasteiger partial charge in [-0.1, -0.05) is 54.9 Å². The van der Waals surface area contributed by atoms with E-state index in [-0.39, 0.29) is 25.0 Å². The molecular weight excluding hydrogens is 444 g/mol. The molecule has 0 spiro atoms. The molecule has 0 bridgehead atoms. The molecule has 0 saturated heterocycles. The molecule has 0 atom stereocenters. The van der Waals surface area contributed by atoms with E-state index < -0.39 is 0 Å². The lowest BCUT2D eigenvalue weighted by molar-refractivity contribution is -0.142. The molecule has 7 heteroatoms. The van der Waals surface area contributed by atoms with Crippen LogP contribution in [0.3, 0.4) is 0 Å². The maximum Gasteiger partial charge on any atom is 0.260 e. The molecule has 3 aromatic rings. The summed E-state index contributed by atoms with van der Waals surface area (Å²) in [6.07, 6.45) is 0.754. The van der Waals surface area contributed by atoms with E-state index in [9.17, 15) is 9.59 Å². The molecule has 0 unspecified atom stereocenters. The molecule has 168 valence electrons. The minimum absolute atomic E-state index is 0.0227. The first kappa shape index (κ1) is 23.8. The Bertz CT molecular complexity index is 978. The Hall–Kier alpha value is -2.83. The minimum atomic E-state index is -0.217. The lowest BCUT2D eigenvalue weighted by Gasteiger charge is -2.27. The fourth-order valence-corrected chi connectivity index (χ4v) is 4.06. The van der Waals surface area contributed by atoms with E-state index in [2.05, 4.69) is 0 Å². The Morgan fingerprint density at radius 2 is 1.66 bits per heavy atom. The van der Waals surface area contributed by atoms with Gasteiger partial charge in [-0.25, -0.2) is 0 Å². The van der Waals surface area contributed by atoms with Gasteiger partial charge in [-0.2, -0.15) is 0 Å². The van der Waals surface area contributed by atoms with Crippen molar-refractivity contribution in [2.75, 3.05) is 19.7 Å². The number of nitrogens with zero attached hydrogens (tertiary/aromatic N) is 2. The molecule has 5 nitrogen and oxygen atoms in total. The highest BCUT2D eigenvalue weighted by molar-refractivity contribution is 7.09. The Kier molecular flexibility index (Phi) is 9.13. The number of hydrogen-bond acceptors (Lipinski definition) is 4. The summed E-state index contributed by atoms with van der Waals surface area (Å²) in [6, 6.07) is 20.7. The molecule has 1 aromatic heterocycles. The van der Waals surface area contributed by atoms with Crippen LogP contribution in [0.5, 0.6) is 5.75 Å². The molecule has 1 heterocycles. The number of halogens is 1. The quantitative estimate of drug-likeness (QED) is 0.384. The molecule has 3 rings (SSSR count). The molecule has 0 aliphatic heterocycles. The number of rotatable bonds is 11. The van der Waals surface area contributed by atoms with Crippen molar-refractivity contribution in [3.05, 3.63) is 87.6 Å². The highest BCUT2D eigenvalue weighted by Crippen LogP contribution is 2.17. The molecule has 0 saturated carbocycles. The zero-order chi connectivity index (χ0) is 22.8. The summed E-state index contributed by atoms with van der Waals surface area (Å²) >= 11 is 7.51. The van der Waals surface area contributed by atoms with Gasteiger partial charge in [0.15, 0.2) is 6.61 Å². The fourth-order valence-electron chi connectivity index (χ4n) is 3.22. The summed E-state index contributed by atoms with van der Waals surface area (Å²) in [5, 5.41) is 2.60. The van der Waals surface area contributed by atoms with Crippen molar-refractivity contribution in [1.29, 1.82) is 0 Å². The Morgan fingerprint density at radius 1 is 0.906 bits per heavy atom. The van der Waals surface area contributed by atoms with Crippen molar-refractivity contribution >= 4 is 34.8 Å². The van der Waals surface area contributed by atoms with Gasteiger partial charge in [-0.05, 0) is 47.7 Å². The zero-order valence-electron chi connectivity index (χ0n) is 18.1. The average Bonchev–Trinajstić information content (AvgIpc) is 3.31.